The maximum absolute atomic E-state index is 13.1. The molecular weight excluding hydrogens is 383 g/mol. The summed E-state index contributed by atoms with van der Waals surface area (Å²) in [6, 6.07) is 2.98. The Bertz CT molecular complexity index is 660. The smallest absolute Gasteiger partial charge is 0.339 e. The number of halogens is 4. The highest BCUT2D eigenvalue weighted by molar-refractivity contribution is 5.97. The number of hydrogen-bond acceptors (Lipinski definition) is 3. The third kappa shape index (κ3) is 6.70. The number of hydrogen-bond donors (Lipinski definition) is 2. The summed E-state index contributed by atoms with van der Waals surface area (Å²) in [4.78, 5) is 25.4. The van der Waals surface area contributed by atoms with Crippen LogP contribution in [0.1, 0.15) is 42.1 Å². The molecule has 0 radical (unpaired) electrons. The molecule has 1 aromatic carbocycles. The molecule has 9 heteroatoms. The van der Waals surface area contributed by atoms with Crippen LogP contribution in [0.15, 0.2) is 18.2 Å². The van der Waals surface area contributed by atoms with E-state index in [2.05, 4.69) is 10.6 Å². The molecule has 27 heavy (non-hydrogen) atoms. The highest BCUT2D eigenvalue weighted by Gasteiger charge is 2.33. The molecule has 0 aliphatic carbocycles. The SMILES string of the molecule is CNCCC1CCN(C(=O)c2cc(NC(C)=O)cc(C(F)(F)F)c2)CC1.Cl. The summed E-state index contributed by atoms with van der Waals surface area (Å²) < 4.78 is 39.4. The van der Waals surface area contributed by atoms with E-state index >= 15 is 0 Å². The number of amides is 2. The molecule has 2 amide bonds. The second-order valence-electron chi connectivity index (χ2n) is 6.61. The van der Waals surface area contributed by atoms with Crippen LogP contribution in [-0.4, -0.2) is 43.4 Å². The van der Waals surface area contributed by atoms with Crippen molar-refractivity contribution in [3.05, 3.63) is 29.3 Å². The van der Waals surface area contributed by atoms with Crippen molar-refractivity contribution in [2.24, 2.45) is 5.92 Å². The van der Waals surface area contributed by atoms with Crippen molar-refractivity contribution in [1.82, 2.24) is 10.2 Å². The van der Waals surface area contributed by atoms with Crippen LogP contribution in [0.25, 0.3) is 0 Å². The largest absolute Gasteiger partial charge is 0.416 e. The van der Waals surface area contributed by atoms with Crippen molar-refractivity contribution in [2.45, 2.75) is 32.4 Å². The fourth-order valence-corrected chi connectivity index (χ4v) is 3.15. The Hall–Kier alpha value is -1.80. The van der Waals surface area contributed by atoms with E-state index in [0.717, 1.165) is 37.9 Å². The molecule has 0 spiro atoms. The maximum atomic E-state index is 13.1. The van der Waals surface area contributed by atoms with E-state index in [9.17, 15) is 22.8 Å². The Morgan fingerprint density at radius 1 is 1.19 bits per heavy atom. The molecule has 0 aromatic heterocycles. The van der Waals surface area contributed by atoms with E-state index in [4.69, 9.17) is 0 Å². The number of anilines is 1. The lowest BCUT2D eigenvalue weighted by Gasteiger charge is -2.32. The average Bonchev–Trinajstić information content (AvgIpc) is 2.58. The van der Waals surface area contributed by atoms with Crippen LogP contribution in [0.5, 0.6) is 0 Å². The number of piperidine rings is 1. The quantitative estimate of drug-likeness (QED) is 0.784. The third-order valence-corrected chi connectivity index (χ3v) is 4.53. The van der Waals surface area contributed by atoms with Gasteiger partial charge in [-0.1, -0.05) is 0 Å². The zero-order valence-corrected chi connectivity index (χ0v) is 16.2. The first-order chi connectivity index (χ1) is 12.2. The molecule has 2 rings (SSSR count). The number of nitrogens with one attached hydrogen (secondary N) is 2. The van der Waals surface area contributed by atoms with Crippen LogP contribution in [0.3, 0.4) is 0 Å². The predicted octanol–water partition coefficient (Wildman–Crippen LogP) is 3.55. The van der Waals surface area contributed by atoms with E-state index in [1.807, 2.05) is 7.05 Å². The number of alkyl halides is 3. The summed E-state index contributed by atoms with van der Waals surface area (Å²) in [6.45, 7) is 3.17. The number of nitrogens with zero attached hydrogens (tertiary/aromatic N) is 1. The van der Waals surface area contributed by atoms with Crippen molar-refractivity contribution in [3.8, 4) is 0 Å². The number of rotatable bonds is 5. The van der Waals surface area contributed by atoms with E-state index in [1.165, 1.54) is 13.0 Å². The molecule has 0 unspecified atom stereocenters. The summed E-state index contributed by atoms with van der Waals surface area (Å²) in [6.07, 6.45) is -1.89. The normalized spacial score (nSPS) is 15.2. The van der Waals surface area contributed by atoms with Crippen molar-refractivity contribution in [2.75, 3.05) is 32.0 Å². The molecule has 5 nitrogen and oxygen atoms in total. The van der Waals surface area contributed by atoms with E-state index in [0.29, 0.717) is 19.0 Å². The van der Waals surface area contributed by atoms with Crippen molar-refractivity contribution in [3.63, 3.8) is 0 Å². The minimum Gasteiger partial charge on any atom is -0.339 e. The molecule has 1 saturated heterocycles. The summed E-state index contributed by atoms with van der Waals surface area (Å²) in [5.74, 6) is -0.411. The highest BCUT2D eigenvalue weighted by Crippen LogP contribution is 2.32. The van der Waals surface area contributed by atoms with Crippen LogP contribution in [0.4, 0.5) is 18.9 Å². The number of likely N-dealkylation sites (tertiary alicyclic amines) is 1. The van der Waals surface area contributed by atoms with Gasteiger partial charge in [-0.25, -0.2) is 0 Å². The predicted molar refractivity (Wildman–Crippen MR) is 100 cm³/mol. The molecule has 1 aliphatic rings. The Morgan fingerprint density at radius 3 is 2.33 bits per heavy atom. The number of benzene rings is 1. The first-order valence-corrected chi connectivity index (χ1v) is 8.64. The van der Waals surface area contributed by atoms with Gasteiger partial charge in [0.1, 0.15) is 0 Å². The van der Waals surface area contributed by atoms with Crippen LogP contribution >= 0.6 is 12.4 Å². The Morgan fingerprint density at radius 2 is 1.81 bits per heavy atom. The lowest BCUT2D eigenvalue weighted by atomic mass is 9.93. The van der Waals surface area contributed by atoms with Gasteiger partial charge in [-0.3, -0.25) is 9.59 Å². The van der Waals surface area contributed by atoms with E-state index < -0.39 is 23.6 Å². The Kier molecular flexibility index (Phi) is 8.56. The lowest BCUT2D eigenvalue weighted by molar-refractivity contribution is -0.137. The molecule has 2 N–H and O–H groups in total. The molecule has 0 saturated carbocycles. The first kappa shape index (κ1) is 23.2. The maximum Gasteiger partial charge on any atom is 0.416 e. The second kappa shape index (κ2) is 9.94. The zero-order valence-electron chi connectivity index (χ0n) is 15.4. The van der Waals surface area contributed by atoms with Gasteiger partial charge in [0, 0.05) is 31.3 Å². The minimum atomic E-state index is -4.59. The number of carbonyl (C=O) groups excluding carboxylic acids is 2. The monoisotopic (exact) mass is 407 g/mol. The van der Waals surface area contributed by atoms with Gasteiger partial charge in [-0.05, 0) is 57.0 Å². The number of carbonyl (C=O) groups is 2. The summed E-state index contributed by atoms with van der Waals surface area (Å²) >= 11 is 0. The summed E-state index contributed by atoms with van der Waals surface area (Å²) in [5, 5.41) is 5.42. The molecule has 0 bridgehead atoms. The molecule has 1 fully saturated rings. The van der Waals surface area contributed by atoms with Gasteiger partial charge in [0.15, 0.2) is 0 Å². The van der Waals surface area contributed by atoms with Crippen LogP contribution in [-0.2, 0) is 11.0 Å². The lowest BCUT2D eigenvalue weighted by Crippen LogP contribution is -2.39. The van der Waals surface area contributed by atoms with E-state index in [1.54, 1.807) is 4.90 Å². The van der Waals surface area contributed by atoms with Crippen molar-refractivity contribution < 1.29 is 22.8 Å². The minimum absolute atomic E-state index is 0. The fraction of sp³-hybridized carbons (Fsp3) is 0.556. The molecule has 1 aliphatic heterocycles. The summed E-state index contributed by atoms with van der Waals surface area (Å²) in [7, 11) is 1.89. The first-order valence-electron chi connectivity index (χ1n) is 8.64. The van der Waals surface area contributed by atoms with Crippen LogP contribution < -0.4 is 10.6 Å². The summed E-state index contributed by atoms with van der Waals surface area (Å²) in [5.41, 5.74) is -1.03. The van der Waals surface area contributed by atoms with E-state index in [-0.39, 0.29) is 23.7 Å². The standard InChI is InChI=1S/C18H24F3N3O2.ClH/c1-12(25)23-16-10-14(9-15(11-16)18(19,20)21)17(26)24-7-4-13(5-8-24)3-6-22-2;/h9-11,13,22H,3-8H2,1-2H3,(H,23,25);1H. The van der Waals surface area contributed by atoms with Crippen molar-refractivity contribution in [1.29, 1.82) is 0 Å². The van der Waals surface area contributed by atoms with Crippen LogP contribution in [0.2, 0.25) is 0 Å². The van der Waals surface area contributed by atoms with Gasteiger partial charge < -0.3 is 15.5 Å². The fourth-order valence-electron chi connectivity index (χ4n) is 3.15. The molecule has 1 aromatic rings. The van der Waals surface area contributed by atoms with Crippen molar-refractivity contribution >= 4 is 29.9 Å². The average molecular weight is 408 g/mol. The van der Waals surface area contributed by atoms with Gasteiger partial charge in [-0.15, -0.1) is 12.4 Å². The van der Waals surface area contributed by atoms with Gasteiger partial charge in [0.05, 0.1) is 5.56 Å². The van der Waals surface area contributed by atoms with Gasteiger partial charge >= 0.3 is 6.18 Å². The Balaban J connectivity index is 0.00000364. The highest BCUT2D eigenvalue weighted by atomic mass is 35.5. The molecule has 1 heterocycles. The molecule has 152 valence electrons. The molecule has 0 atom stereocenters. The van der Waals surface area contributed by atoms with Gasteiger partial charge in [0.2, 0.25) is 5.91 Å². The Labute approximate surface area is 163 Å². The molecular formula is C18H25ClF3N3O2. The van der Waals surface area contributed by atoms with Gasteiger partial charge in [-0.2, -0.15) is 13.2 Å². The topological polar surface area (TPSA) is 61.4 Å². The second-order valence-corrected chi connectivity index (χ2v) is 6.61. The van der Waals surface area contributed by atoms with Gasteiger partial charge in [0.25, 0.3) is 5.91 Å². The third-order valence-electron chi connectivity index (χ3n) is 4.53. The van der Waals surface area contributed by atoms with Crippen LogP contribution in [0, 0.1) is 5.92 Å². The zero-order chi connectivity index (χ0) is 19.3.